The summed E-state index contributed by atoms with van der Waals surface area (Å²) in [5.74, 6) is 3.14. The molecule has 28 heavy (non-hydrogen) atoms. The van der Waals surface area contributed by atoms with E-state index in [2.05, 4.69) is 45.6 Å². The predicted octanol–water partition coefficient (Wildman–Crippen LogP) is 2.06. The van der Waals surface area contributed by atoms with Crippen LogP contribution in [0.3, 0.4) is 0 Å². The Morgan fingerprint density at radius 2 is 1.79 bits per heavy atom. The van der Waals surface area contributed by atoms with Gasteiger partial charge in [0.05, 0.1) is 0 Å². The number of hydrazine groups is 2. The van der Waals surface area contributed by atoms with Crippen LogP contribution in [0, 0.1) is 0 Å². The van der Waals surface area contributed by atoms with Gasteiger partial charge < -0.3 is 0 Å². The third-order valence-corrected chi connectivity index (χ3v) is 5.75. The molecule has 3 atom stereocenters. The molecule has 0 spiro atoms. The fourth-order valence-electron chi connectivity index (χ4n) is 4.25. The highest BCUT2D eigenvalue weighted by molar-refractivity contribution is 5.24. The normalized spacial score (nSPS) is 24.2. The first-order valence-electron chi connectivity index (χ1n) is 10.0. The van der Waals surface area contributed by atoms with Gasteiger partial charge in [0.15, 0.2) is 11.6 Å². The van der Waals surface area contributed by atoms with Gasteiger partial charge in [-0.2, -0.15) is 10.2 Å². The number of aryl methyl sites for hydroxylation is 2. The minimum absolute atomic E-state index is 0.371. The standard InChI is InChI=1S/C21H25N7/c1-2-6-15(7-3-1)9-12-19-23-21(28(26-19)20-8-4-5-13-22-20)16-10-11-17-18(14-16)25-27-24-17/h1-8,13,16-18,24-25,27H,9-12,14H2. The van der Waals surface area contributed by atoms with Crippen molar-refractivity contribution in [3.8, 4) is 5.82 Å². The summed E-state index contributed by atoms with van der Waals surface area (Å²) in [5, 5.41) is 4.85. The average Bonchev–Trinajstić information content (AvgIpc) is 3.40. The zero-order valence-electron chi connectivity index (χ0n) is 15.8. The fraction of sp³-hybridized carbons (Fsp3) is 0.381. The van der Waals surface area contributed by atoms with Gasteiger partial charge in [0.2, 0.25) is 0 Å². The second-order valence-electron chi connectivity index (χ2n) is 7.61. The van der Waals surface area contributed by atoms with Crippen molar-refractivity contribution in [1.29, 1.82) is 0 Å². The van der Waals surface area contributed by atoms with Crippen molar-refractivity contribution in [3.63, 3.8) is 0 Å². The monoisotopic (exact) mass is 375 g/mol. The minimum atomic E-state index is 0.371. The molecule has 3 heterocycles. The fourth-order valence-corrected chi connectivity index (χ4v) is 4.25. The lowest BCUT2D eigenvalue weighted by Gasteiger charge is -2.29. The van der Waals surface area contributed by atoms with Crippen LogP contribution in [-0.4, -0.2) is 31.8 Å². The Labute approximate surface area is 164 Å². The van der Waals surface area contributed by atoms with Crippen LogP contribution in [0.4, 0.5) is 0 Å². The Kier molecular flexibility index (Phi) is 4.86. The molecule has 3 aromatic rings. The number of benzene rings is 1. The molecule has 1 aliphatic carbocycles. The summed E-state index contributed by atoms with van der Waals surface area (Å²) in [7, 11) is 0. The summed E-state index contributed by atoms with van der Waals surface area (Å²) in [6.45, 7) is 0. The molecule has 1 aliphatic heterocycles. The number of rotatable bonds is 5. The number of fused-ring (bicyclic) bond motifs is 1. The molecule has 0 amide bonds. The lowest BCUT2D eigenvalue weighted by molar-refractivity contribution is 0.327. The van der Waals surface area contributed by atoms with Gasteiger partial charge in [-0.05, 0) is 43.4 Å². The van der Waals surface area contributed by atoms with Crippen LogP contribution in [0.5, 0.6) is 0 Å². The molecular formula is C21H25N7. The van der Waals surface area contributed by atoms with Crippen molar-refractivity contribution in [3.05, 3.63) is 71.9 Å². The molecule has 0 radical (unpaired) electrons. The second kappa shape index (κ2) is 7.79. The summed E-state index contributed by atoms with van der Waals surface area (Å²) < 4.78 is 1.96. The number of hydrogen-bond acceptors (Lipinski definition) is 6. The molecule has 1 aromatic carbocycles. The van der Waals surface area contributed by atoms with E-state index in [0.717, 1.165) is 49.6 Å². The number of nitrogens with one attached hydrogen (secondary N) is 3. The number of hydrogen-bond donors (Lipinski definition) is 3. The highest BCUT2D eigenvalue weighted by atomic mass is 15.7. The summed E-state index contributed by atoms with van der Waals surface area (Å²) in [4.78, 5) is 9.51. The van der Waals surface area contributed by atoms with E-state index >= 15 is 0 Å². The van der Waals surface area contributed by atoms with Gasteiger partial charge in [-0.25, -0.2) is 20.8 Å². The molecule has 2 fully saturated rings. The second-order valence-corrected chi connectivity index (χ2v) is 7.61. The molecule has 5 rings (SSSR count). The zero-order valence-corrected chi connectivity index (χ0v) is 15.8. The highest BCUT2D eigenvalue weighted by Gasteiger charge is 2.36. The van der Waals surface area contributed by atoms with Crippen molar-refractivity contribution >= 4 is 0 Å². The maximum atomic E-state index is 4.98. The van der Waals surface area contributed by atoms with E-state index in [0.29, 0.717) is 18.0 Å². The van der Waals surface area contributed by atoms with Crippen LogP contribution in [0.15, 0.2) is 54.7 Å². The Bertz CT molecular complexity index is 909. The van der Waals surface area contributed by atoms with E-state index in [4.69, 9.17) is 10.1 Å². The number of nitrogens with zero attached hydrogens (tertiary/aromatic N) is 4. The first-order chi connectivity index (χ1) is 13.9. The van der Waals surface area contributed by atoms with Gasteiger partial charge in [-0.1, -0.05) is 36.4 Å². The van der Waals surface area contributed by atoms with E-state index in [1.54, 1.807) is 0 Å². The lowest BCUT2D eigenvalue weighted by Crippen LogP contribution is -2.39. The number of aromatic nitrogens is 4. The van der Waals surface area contributed by atoms with Crippen LogP contribution in [-0.2, 0) is 12.8 Å². The molecule has 3 N–H and O–H groups in total. The Morgan fingerprint density at radius 1 is 0.929 bits per heavy atom. The topological polar surface area (TPSA) is 79.7 Å². The van der Waals surface area contributed by atoms with E-state index in [1.165, 1.54) is 5.56 Å². The van der Waals surface area contributed by atoms with Crippen molar-refractivity contribution in [2.75, 3.05) is 0 Å². The molecule has 7 nitrogen and oxygen atoms in total. The van der Waals surface area contributed by atoms with Crippen molar-refractivity contribution in [1.82, 2.24) is 36.1 Å². The van der Waals surface area contributed by atoms with E-state index < -0.39 is 0 Å². The molecule has 0 bridgehead atoms. The van der Waals surface area contributed by atoms with Gasteiger partial charge in [-0.15, -0.1) is 5.10 Å². The quantitative estimate of drug-likeness (QED) is 0.634. The van der Waals surface area contributed by atoms with Crippen LogP contribution in [0.2, 0.25) is 0 Å². The Balaban J connectivity index is 1.42. The van der Waals surface area contributed by atoms with Gasteiger partial charge in [-0.3, -0.25) is 0 Å². The molecule has 2 aliphatic rings. The number of pyridine rings is 1. The van der Waals surface area contributed by atoms with Crippen molar-refractivity contribution in [2.24, 2.45) is 0 Å². The van der Waals surface area contributed by atoms with Crippen LogP contribution in [0.1, 0.15) is 42.4 Å². The van der Waals surface area contributed by atoms with Gasteiger partial charge in [0.25, 0.3) is 0 Å². The maximum Gasteiger partial charge on any atom is 0.155 e. The van der Waals surface area contributed by atoms with E-state index in [1.807, 2.05) is 35.1 Å². The molecule has 144 valence electrons. The van der Waals surface area contributed by atoms with Crippen molar-refractivity contribution < 1.29 is 0 Å². The van der Waals surface area contributed by atoms with Gasteiger partial charge in [0, 0.05) is 30.6 Å². The molecule has 1 saturated heterocycles. The molecular weight excluding hydrogens is 350 g/mol. The third kappa shape index (κ3) is 3.56. The predicted molar refractivity (Wildman–Crippen MR) is 107 cm³/mol. The van der Waals surface area contributed by atoms with Crippen LogP contribution < -0.4 is 16.4 Å². The maximum absolute atomic E-state index is 4.98. The Morgan fingerprint density at radius 3 is 2.64 bits per heavy atom. The molecule has 2 aromatic heterocycles. The molecule has 1 saturated carbocycles. The highest BCUT2D eigenvalue weighted by Crippen LogP contribution is 2.33. The molecule has 3 unspecified atom stereocenters. The molecule has 7 heteroatoms. The summed E-state index contributed by atoms with van der Waals surface area (Å²) in [5.41, 5.74) is 11.0. The minimum Gasteiger partial charge on any atom is -0.240 e. The van der Waals surface area contributed by atoms with Crippen LogP contribution in [0.25, 0.3) is 5.82 Å². The summed E-state index contributed by atoms with van der Waals surface area (Å²) >= 11 is 0. The lowest BCUT2D eigenvalue weighted by atomic mass is 9.82. The first-order valence-corrected chi connectivity index (χ1v) is 10.0. The van der Waals surface area contributed by atoms with E-state index in [9.17, 15) is 0 Å². The summed E-state index contributed by atoms with van der Waals surface area (Å²) in [6.07, 6.45) is 6.83. The van der Waals surface area contributed by atoms with Gasteiger partial charge in [0.1, 0.15) is 5.82 Å². The van der Waals surface area contributed by atoms with Crippen LogP contribution >= 0.6 is 0 Å². The first kappa shape index (κ1) is 17.5. The summed E-state index contributed by atoms with van der Waals surface area (Å²) in [6, 6.07) is 17.4. The zero-order chi connectivity index (χ0) is 18.8. The van der Waals surface area contributed by atoms with Crippen molar-refractivity contribution in [2.45, 2.75) is 50.1 Å². The largest absolute Gasteiger partial charge is 0.240 e. The average molecular weight is 375 g/mol. The Hall–Kier alpha value is -2.61. The SMILES string of the molecule is c1ccc(CCc2nc(C3CCC4NNNC4C3)n(-c3ccccn3)n2)cc1. The third-order valence-electron chi connectivity index (χ3n) is 5.75. The van der Waals surface area contributed by atoms with Gasteiger partial charge >= 0.3 is 0 Å². The van der Waals surface area contributed by atoms with E-state index in [-0.39, 0.29) is 0 Å². The smallest absolute Gasteiger partial charge is 0.155 e.